The van der Waals surface area contributed by atoms with E-state index in [0.29, 0.717) is 74.0 Å². The molecule has 0 aliphatic rings. The topological polar surface area (TPSA) is 394 Å². The average Bonchev–Trinajstić information content (AvgIpc) is 3.44. The molecule has 0 saturated heterocycles. The third-order valence-corrected chi connectivity index (χ3v) is 12.4. The summed E-state index contributed by atoms with van der Waals surface area (Å²) < 4.78 is 49.7. The Kier molecular flexibility index (Phi) is 27.5. The van der Waals surface area contributed by atoms with Gasteiger partial charge < -0.3 is 43.3 Å². The summed E-state index contributed by atoms with van der Waals surface area (Å²) in [5.41, 5.74) is 18.8. The minimum atomic E-state index is -3.71. The first kappa shape index (κ1) is 67.8. The van der Waals surface area contributed by atoms with E-state index in [1.54, 1.807) is 122 Å². The molecule has 0 saturated carbocycles. The van der Waals surface area contributed by atoms with E-state index in [1.165, 1.54) is 42.9 Å². The fraction of sp³-hybridized carbons (Fsp3) is 0.107. The highest BCUT2D eigenvalue weighted by atomic mass is 32.2. The number of rotatable bonds is 18. The average molecular weight is 1280 g/mol. The summed E-state index contributed by atoms with van der Waals surface area (Å²) in [5, 5.41) is 45.9. The molecule has 0 radical (unpaired) electrons. The van der Waals surface area contributed by atoms with Gasteiger partial charge in [0.15, 0.2) is 10.2 Å². The second-order valence-corrected chi connectivity index (χ2v) is 19.9. The van der Waals surface area contributed by atoms with Crippen LogP contribution < -0.4 is 60.0 Å². The molecule has 4 aromatic carbocycles. The Labute approximate surface area is 520 Å². The quantitative estimate of drug-likeness (QED) is 0.0135. The molecule has 8 rings (SSSR count). The number of carboxylic acids is 1. The van der Waals surface area contributed by atoms with Gasteiger partial charge >= 0.3 is 11.9 Å². The maximum atomic E-state index is 11.6. The number of phenolic OH excluding ortho intramolecular Hbond substituents is 1. The SMILES string of the molecule is CCNC(=S)N/N=C/c1ccc(-c2ccc(C(=O)O)cc2)o1.CCNC(=S)N/N=C/c1ccc(-c2ccc(O)cc2)o1.CCOC(=O)c1ccc(-c2ccc(/C=N/NC(=S)NN)o2)cc1.NNC(=S)N/N=C/c1ccc(-c2ccc(S(N)(=O)=O)cc2)o1. The number of aromatic carboxylic acids is 1. The van der Waals surface area contributed by atoms with Gasteiger partial charge in [-0.2, -0.15) is 20.4 Å². The second kappa shape index (κ2) is 35.3. The lowest BCUT2D eigenvalue weighted by Gasteiger charge is -2.02. The molecule has 0 amide bonds. The highest BCUT2D eigenvalue weighted by Crippen LogP contribution is 2.26. The molecule has 0 unspecified atom stereocenters. The number of hydrogen-bond acceptors (Lipinski definition) is 20. The van der Waals surface area contributed by atoms with Gasteiger partial charge in [-0.25, -0.2) is 34.8 Å². The summed E-state index contributed by atoms with van der Waals surface area (Å²) in [4.78, 5) is 22.4. The maximum Gasteiger partial charge on any atom is 0.338 e. The number of hydrazine groups is 2. The van der Waals surface area contributed by atoms with E-state index in [9.17, 15) is 23.1 Å². The molecule has 87 heavy (non-hydrogen) atoms. The van der Waals surface area contributed by atoms with Gasteiger partial charge in [0.1, 0.15) is 51.8 Å². The third-order valence-electron chi connectivity index (χ3n) is 10.6. The molecule has 26 nitrogen and oxygen atoms in total. The normalized spacial score (nSPS) is 10.8. The number of phenols is 1. The Morgan fingerprint density at radius 2 is 0.805 bits per heavy atom. The zero-order valence-corrected chi connectivity index (χ0v) is 50.5. The highest BCUT2D eigenvalue weighted by Gasteiger charge is 2.12. The van der Waals surface area contributed by atoms with Crippen molar-refractivity contribution in [1.29, 1.82) is 0 Å². The van der Waals surface area contributed by atoms with Crippen LogP contribution in [0.15, 0.2) is 189 Å². The maximum absolute atomic E-state index is 11.6. The van der Waals surface area contributed by atoms with Crippen molar-refractivity contribution in [1.82, 2.24) is 43.2 Å². The molecule has 0 bridgehead atoms. The van der Waals surface area contributed by atoms with Gasteiger partial charge in [0.05, 0.1) is 47.5 Å². The van der Waals surface area contributed by atoms with Crippen LogP contribution >= 0.6 is 48.9 Å². The first-order chi connectivity index (χ1) is 41.8. The zero-order valence-electron chi connectivity index (χ0n) is 46.4. The van der Waals surface area contributed by atoms with Crippen LogP contribution in [0.1, 0.15) is 64.5 Å². The molecule has 0 aliphatic heterocycles. The number of carboxylic acid groups (broad SMARTS) is 1. The highest BCUT2D eigenvalue weighted by molar-refractivity contribution is 7.89. The molecule has 31 heteroatoms. The Morgan fingerprint density at radius 1 is 0.494 bits per heavy atom. The molecule has 16 N–H and O–H groups in total. The Morgan fingerprint density at radius 3 is 1.10 bits per heavy atom. The van der Waals surface area contributed by atoms with Crippen molar-refractivity contribution < 1.29 is 50.6 Å². The molecule has 4 aromatic heterocycles. The number of esters is 1. The fourth-order valence-electron chi connectivity index (χ4n) is 6.59. The molecule has 0 atom stereocenters. The molecule has 0 aliphatic carbocycles. The minimum Gasteiger partial charge on any atom is -0.508 e. The Balaban J connectivity index is 0.000000212. The standard InChI is InChI=1S/C15H16N4O3S.C15H15N3O3S.C14H15N3O2S.C12H13N5O3S2/c1-2-21-14(20)11-5-3-10(4-6-11)13-8-7-12(22-13)9-17-19-15(23)18-16;1-2-16-15(22)18-17-9-12-7-8-13(21-12)10-3-5-11(6-4-10)14(19)20;1-2-15-14(20)17-16-9-12-7-8-13(19-12)10-3-5-11(18)6-4-10;13-16-12(21)17-15-7-9-3-6-11(20-9)8-1-4-10(5-2-8)22(14,18)19/h3-9H,2,16H2,1H3,(H2,18,19,23);3-9H,2H2,1H3,(H,19,20)(H2,16,18,22);3-9,18H,2H2,1H3,(H2,15,17,20);1-7H,13H2,(H2,14,18,19)(H2,16,17,21)/b2*17-9+;16-9+;15-7+. The zero-order chi connectivity index (χ0) is 63.1. The van der Waals surface area contributed by atoms with Gasteiger partial charge in [-0.05, 0) is 191 Å². The largest absolute Gasteiger partial charge is 0.508 e. The summed E-state index contributed by atoms with van der Waals surface area (Å²) >= 11 is 19.5. The van der Waals surface area contributed by atoms with E-state index in [2.05, 4.69) is 63.6 Å². The van der Waals surface area contributed by atoms with Crippen LogP contribution in [-0.2, 0) is 14.8 Å². The molecule has 0 spiro atoms. The summed E-state index contributed by atoms with van der Waals surface area (Å²) in [6.07, 6.45) is 5.96. The number of nitrogens with zero attached hydrogens (tertiary/aromatic N) is 4. The first-order valence-corrected chi connectivity index (χ1v) is 28.7. The predicted octanol–water partition coefficient (Wildman–Crippen LogP) is 6.99. The van der Waals surface area contributed by atoms with E-state index in [1.807, 2.05) is 26.0 Å². The fourth-order valence-corrected chi connectivity index (χ4v) is 7.60. The number of hydrazone groups is 4. The number of ether oxygens (including phenoxy) is 1. The van der Waals surface area contributed by atoms with Crippen LogP contribution in [-0.4, -0.2) is 95.6 Å². The first-order valence-electron chi connectivity index (χ1n) is 25.5. The number of primary sulfonamides is 1. The van der Waals surface area contributed by atoms with Crippen molar-refractivity contribution in [3.63, 3.8) is 0 Å². The smallest absolute Gasteiger partial charge is 0.338 e. The van der Waals surface area contributed by atoms with E-state index >= 15 is 0 Å². The monoisotopic (exact) mass is 1280 g/mol. The minimum absolute atomic E-state index is 0.0385. The van der Waals surface area contributed by atoms with Crippen molar-refractivity contribution in [2.75, 3.05) is 19.7 Å². The predicted molar refractivity (Wildman–Crippen MR) is 348 cm³/mol. The van der Waals surface area contributed by atoms with E-state index in [4.69, 9.17) is 93.2 Å². The lowest BCUT2D eigenvalue weighted by Crippen LogP contribution is -2.37. The van der Waals surface area contributed by atoms with Crippen molar-refractivity contribution in [3.05, 3.63) is 180 Å². The third kappa shape index (κ3) is 23.5. The number of sulfonamides is 1. The van der Waals surface area contributed by atoms with E-state index in [0.717, 1.165) is 29.8 Å². The summed E-state index contributed by atoms with van der Waals surface area (Å²) in [5.74, 6) is 13.8. The molecule has 4 heterocycles. The molecule has 454 valence electrons. The van der Waals surface area contributed by atoms with Crippen LogP contribution in [0.4, 0.5) is 0 Å². The number of furan rings is 4. The van der Waals surface area contributed by atoms with Gasteiger partial charge in [-0.15, -0.1) is 0 Å². The summed E-state index contributed by atoms with van der Waals surface area (Å²) in [6, 6.07) is 40.4. The van der Waals surface area contributed by atoms with Gasteiger partial charge in [-0.3, -0.25) is 32.6 Å². The molecular formula is C56H59N15O11S5. The van der Waals surface area contributed by atoms with Crippen molar-refractivity contribution in [3.8, 4) is 51.0 Å². The van der Waals surface area contributed by atoms with Gasteiger partial charge in [0.2, 0.25) is 20.2 Å². The number of aromatic hydroxyl groups is 1. The second-order valence-electron chi connectivity index (χ2n) is 16.8. The van der Waals surface area contributed by atoms with Crippen LogP contribution in [0.5, 0.6) is 5.75 Å². The lowest BCUT2D eigenvalue weighted by atomic mass is 10.1. The van der Waals surface area contributed by atoms with Gasteiger partial charge in [-0.1, -0.05) is 24.3 Å². The van der Waals surface area contributed by atoms with Gasteiger partial charge in [0, 0.05) is 35.3 Å². The van der Waals surface area contributed by atoms with E-state index < -0.39 is 16.0 Å². The molecule has 0 fully saturated rings. The van der Waals surface area contributed by atoms with Crippen LogP contribution in [0.25, 0.3) is 45.3 Å². The summed E-state index contributed by atoms with van der Waals surface area (Å²) in [7, 11) is -3.71. The number of nitrogens with one attached hydrogen (secondary N) is 8. The van der Waals surface area contributed by atoms with Crippen LogP contribution in [0, 0.1) is 0 Å². The number of carbonyl (C=O) groups is 2. The number of hydrogen-bond donors (Lipinski definition) is 13. The number of thiocarbonyl (C=S) groups is 4. The van der Waals surface area contributed by atoms with Crippen LogP contribution in [0.2, 0.25) is 0 Å². The Bertz CT molecular complexity index is 3790. The summed E-state index contributed by atoms with van der Waals surface area (Å²) in [6.45, 7) is 7.47. The van der Waals surface area contributed by atoms with Crippen molar-refractivity contribution in [2.24, 2.45) is 37.2 Å². The molecule has 8 aromatic rings. The lowest BCUT2D eigenvalue weighted by molar-refractivity contribution is 0.0525. The van der Waals surface area contributed by atoms with Crippen molar-refractivity contribution in [2.45, 2.75) is 25.7 Å². The molecular weight excluding hydrogens is 1220 g/mol. The number of benzene rings is 4. The van der Waals surface area contributed by atoms with E-state index in [-0.39, 0.29) is 32.4 Å². The Hall–Kier alpha value is -9.99. The number of nitrogens with two attached hydrogens (primary N) is 3. The number of carbonyl (C=O) groups excluding carboxylic acids is 1. The van der Waals surface area contributed by atoms with Gasteiger partial charge in [0.25, 0.3) is 0 Å². The van der Waals surface area contributed by atoms with Crippen molar-refractivity contribution >= 4 is 116 Å². The van der Waals surface area contributed by atoms with Crippen LogP contribution in [0.3, 0.4) is 0 Å².